The highest BCUT2D eigenvalue weighted by Gasteiger charge is 2.45. The van der Waals surface area contributed by atoms with Gasteiger partial charge >= 0.3 is 0 Å². The van der Waals surface area contributed by atoms with E-state index in [4.69, 9.17) is 28.9 Å². The van der Waals surface area contributed by atoms with Crippen LogP contribution < -0.4 is 5.73 Å². The second-order valence-corrected chi connectivity index (χ2v) is 12.4. The van der Waals surface area contributed by atoms with E-state index in [1.54, 1.807) is 6.07 Å². The van der Waals surface area contributed by atoms with Crippen LogP contribution >= 0.6 is 23.2 Å². The Bertz CT molecular complexity index is 1350. The van der Waals surface area contributed by atoms with Crippen LogP contribution in [0, 0.1) is 6.92 Å². The molecule has 41 heavy (non-hydrogen) atoms. The molecule has 3 aromatic carbocycles. The number of ketones is 1. The van der Waals surface area contributed by atoms with E-state index in [9.17, 15) is 9.59 Å². The molecule has 0 bridgehead atoms. The molecule has 4 atom stereocenters. The van der Waals surface area contributed by atoms with Crippen molar-refractivity contribution in [3.05, 3.63) is 105 Å². The summed E-state index contributed by atoms with van der Waals surface area (Å²) in [4.78, 5) is 32.4. The minimum atomic E-state index is -0.528. The molecule has 2 aliphatic heterocycles. The molecule has 216 valence electrons. The van der Waals surface area contributed by atoms with Crippen molar-refractivity contribution in [2.24, 2.45) is 5.73 Å². The van der Waals surface area contributed by atoms with Crippen molar-refractivity contribution in [3.63, 3.8) is 0 Å². The highest BCUT2D eigenvalue weighted by Crippen LogP contribution is 2.31. The van der Waals surface area contributed by atoms with Crippen LogP contribution in [0.5, 0.6) is 0 Å². The second-order valence-electron chi connectivity index (χ2n) is 11.6. The maximum atomic E-state index is 14.2. The highest BCUT2D eigenvalue weighted by atomic mass is 35.5. The first-order valence-electron chi connectivity index (χ1n) is 14.7. The number of Topliss-reactive ketones (excluding diaryl/α,β-unsaturated/α-hetero) is 1. The van der Waals surface area contributed by atoms with Crippen molar-refractivity contribution in [2.75, 3.05) is 13.1 Å². The summed E-state index contributed by atoms with van der Waals surface area (Å²) >= 11 is 12.3. The zero-order valence-corrected chi connectivity index (χ0v) is 25.2. The number of hydrogen-bond donors (Lipinski definition) is 1. The minimum Gasteiger partial charge on any atom is -0.331 e. The molecule has 0 saturated carbocycles. The van der Waals surface area contributed by atoms with Crippen LogP contribution in [-0.2, 0) is 28.9 Å². The molecular weight excluding hydrogens is 553 g/mol. The lowest BCUT2D eigenvalue weighted by atomic mass is 9.95. The van der Waals surface area contributed by atoms with E-state index in [-0.39, 0.29) is 29.8 Å². The zero-order valence-electron chi connectivity index (χ0n) is 23.6. The zero-order chi connectivity index (χ0) is 28.9. The number of hydrogen-bond acceptors (Lipinski definition) is 4. The number of nitrogens with zero attached hydrogens (tertiary/aromatic N) is 2. The van der Waals surface area contributed by atoms with Gasteiger partial charge in [0.2, 0.25) is 5.91 Å². The fraction of sp³-hybridized carbons (Fsp3) is 0.412. The molecule has 7 heteroatoms. The third-order valence-corrected chi connectivity index (χ3v) is 9.40. The fourth-order valence-corrected chi connectivity index (χ4v) is 6.69. The van der Waals surface area contributed by atoms with Gasteiger partial charge in [0.05, 0.1) is 22.1 Å². The van der Waals surface area contributed by atoms with E-state index >= 15 is 0 Å². The molecule has 2 fully saturated rings. The number of benzene rings is 3. The van der Waals surface area contributed by atoms with Crippen LogP contribution in [0.3, 0.4) is 0 Å². The van der Waals surface area contributed by atoms with Gasteiger partial charge in [-0.1, -0.05) is 89.4 Å². The van der Waals surface area contributed by atoms with Gasteiger partial charge in [0, 0.05) is 31.6 Å². The maximum absolute atomic E-state index is 14.2. The quantitative estimate of drug-likeness (QED) is 0.311. The summed E-state index contributed by atoms with van der Waals surface area (Å²) in [5.41, 5.74) is 10.9. The Morgan fingerprint density at radius 3 is 2.41 bits per heavy atom. The Morgan fingerprint density at radius 2 is 1.68 bits per heavy atom. The Kier molecular flexibility index (Phi) is 9.82. The van der Waals surface area contributed by atoms with Crippen molar-refractivity contribution < 1.29 is 9.59 Å². The number of nitrogens with two attached hydrogens (primary N) is 1. The van der Waals surface area contributed by atoms with E-state index in [1.807, 2.05) is 23.1 Å². The minimum absolute atomic E-state index is 0.0379. The summed E-state index contributed by atoms with van der Waals surface area (Å²) in [5.74, 6) is 0.113. The van der Waals surface area contributed by atoms with E-state index in [1.165, 1.54) is 11.1 Å². The molecule has 0 radical (unpaired) electrons. The van der Waals surface area contributed by atoms with E-state index in [2.05, 4.69) is 60.4 Å². The molecule has 1 unspecified atom stereocenters. The first-order valence-corrected chi connectivity index (χ1v) is 15.4. The van der Waals surface area contributed by atoms with Crippen LogP contribution in [0.2, 0.25) is 10.0 Å². The summed E-state index contributed by atoms with van der Waals surface area (Å²) in [5, 5.41) is 0.977. The summed E-state index contributed by atoms with van der Waals surface area (Å²) in [6.07, 6.45) is 4.74. The average Bonchev–Trinajstić information content (AvgIpc) is 3.31. The van der Waals surface area contributed by atoms with Gasteiger partial charge in [0.15, 0.2) is 5.78 Å². The molecule has 2 N–H and O–H groups in total. The molecule has 3 aromatic rings. The number of rotatable bonds is 10. The highest BCUT2D eigenvalue weighted by molar-refractivity contribution is 6.42. The molecule has 5 nitrogen and oxygen atoms in total. The molecule has 2 aliphatic rings. The third-order valence-electron chi connectivity index (χ3n) is 8.66. The molecular formula is C34H39Cl2N3O2. The Balaban J connectivity index is 1.37. The van der Waals surface area contributed by atoms with Crippen LogP contribution in [0.1, 0.15) is 47.9 Å². The second kappa shape index (κ2) is 13.5. The molecule has 0 spiro atoms. The van der Waals surface area contributed by atoms with Gasteiger partial charge in [0.25, 0.3) is 0 Å². The first kappa shape index (κ1) is 29.8. The molecule has 0 aliphatic carbocycles. The SMILES string of the molecule is Cc1ccc(C[C@H](C(=O)CCc2ccc(Cl)c(Cl)c2)N2CCC(CCc3ccccc3)N3C[C@H](N)C[C@H]3C2=O)cc1. The van der Waals surface area contributed by atoms with Crippen LogP contribution in [0.15, 0.2) is 72.8 Å². The van der Waals surface area contributed by atoms with Gasteiger partial charge in [0.1, 0.15) is 0 Å². The van der Waals surface area contributed by atoms with E-state index in [0.717, 1.165) is 36.9 Å². The van der Waals surface area contributed by atoms with Gasteiger partial charge in [-0.05, 0) is 74.3 Å². The predicted molar refractivity (Wildman–Crippen MR) is 166 cm³/mol. The molecule has 1 amide bonds. The monoisotopic (exact) mass is 591 g/mol. The normalized spacial score (nSPS) is 21.9. The van der Waals surface area contributed by atoms with Crippen LogP contribution in [-0.4, -0.2) is 58.7 Å². The van der Waals surface area contributed by atoms with Crippen molar-refractivity contribution in [1.29, 1.82) is 0 Å². The molecule has 5 rings (SSSR count). The van der Waals surface area contributed by atoms with E-state index < -0.39 is 6.04 Å². The van der Waals surface area contributed by atoms with Gasteiger partial charge in [-0.15, -0.1) is 0 Å². The average molecular weight is 593 g/mol. The third kappa shape index (κ3) is 7.39. The standard InChI is InChI=1S/C34H39Cl2N3O2/c1-23-7-9-26(10-8-23)20-31(33(40)16-13-25-12-15-29(35)30(36)19-25)38-18-17-28(14-11-24-5-3-2-4-6-24)39-22-27(37)21-32(39)34(38)41/h2-10,12,15,19,27-28,31-32H,11,13-14,16-18,20-22,37H2,1H3/t27-,28?,31-,32+/m1/s1. The van der Waals surface area contributed by atoms with Crippen LogP contribution in [0.4, 0.5) is 0 Å². The number of carbonyl (C=O) groups excluding carboxylic acids is 2. The van der Waals surface area contributed by atoms with Gasteiger partial charge in [-0.3, -0.25) is 14.5 Å². The number of aryl methyl sites for hydroxylation is 3. The topological polar surface area (TPSA) is 66.6 Å². The summed E-state index contributed by atoms with van der Waals surface area (Å²) in [7, 11) is 0. The Morgan fingerprint density at radius 1 is 0.951 bits per heavy atom. The Hall–Kier alpha value is -2.70. The van der Waals surface area contributed by atoms with Crippen molar-refractivity contribution in [3.8, 4) is 0 Å². The smallest absolute Gasteiger partial charge is 0.240 e. The summed E-state index contributed by atoms with van der Waals surface area (Å²) in [6.45, 7) is 3.34. The van der Waals surface area contributed by atoms with Gasteiger partial charge in [-0.25, -0.2) is 0 Å². The molecule has 2 heterocycles. The predicted octanol–water partition coefficient (Wildman–Crippen LogP) is 6.05. The fourth-order valence-electron chi connectivity index (χ4n) is 6.37. The van der Waals surface area contributed by atoms with Gasteiger partial charge < -0.3 is 10.6 Å². The van der Waals surface area contributed by atoms with Crippen molar-refractivity contribution in [1.82, 2.24) is 9.80 Å². The Labute approximate surface area is 253 Å². The molecule has 2 saturated heterocycles. The largest absolute Gasteiger partial charge is 0.331 e. The van der Waals surface area contributed by atoms with Gasteiger partial charge in [-0.2, -0.15) is 0 Å². The maximum Gasteiger partial charge on any atom is 0.240 e. The summed E-state index contributed by atoms with van der Waals surface area (Å²) < 4.78 is 0. The summed E-state index contributed by atoms with van der Waals surface area (Å²) in [6, 6.07) is 23.6. The van der Waals surface area contributed by atoms with Crippen molar-refractivity contribution >= 4 is 34.9 Å². The lowest BCUT2D eigenvalue weighted by molar-refractivity contribution is -0.142. The number of fused-ring (bicyclic) bond motifs is 1. The van der Waals surface area contributed by atoms with E-state index in [0.29, 0.717) is 42.3 Å². The van der Waals surface area contributed by atoms with Crippen molar-refractivity contribution in [2.45, 2.75) is 76.0 Å². The molecule has 0 aromatic heterocycles. The van der Waals surface area contributed by atoms with Crippen LogP contribution in [0.25, 0.3) is 0 Å². The lowest BCUT2D eigenvalue weighted by Crippen LogP contribution is -2.51. The number of carbonyl (C=O) groups is 2. The number of amides is 1. The lowest BCUT2D eigenvalue weighted by Gasteiger charge is -2.32. The number of halogens is 2. The first-order chi connectivity index (χ1) is 19.8.